The minimum atomic E-state index is -4.06. The highest BCUT2D eigenvalue weighted by atomic mass is 79.9. The number of anilines is 1. The topological polar surface area (TPSA) is 107 Å². The number of nitrogens with one attached hydrogen (secondary N) is 1. The van der Waals surface area contributed by atoms with Crippen molar-refractivity contribution in [1.82, 2.24) is 9.78 Å². The van der Waals surface area contributed by atoms with Crippen molar-refractivity contribution in [2.45, 2.75) is 4.90 Å². The van der Waals surface area contributed by atoms with Gasteiger partial charge in [-0.25, -0.2) is 17.9 Å². The molecule has 1 aromatic heterocycles. The molecule has 112 valence electrons. The number of nitrogens with two attached hydrogens (primary N) is 1. The van der Waals surface area contributed by atoms with Crippen LogP contribution in [0.25, 0.3) is 0 Å². The van der Waals surface area contributed by atoms with Crippen molar-refractivity contribution in [3.05, 3.63) is 40.2 Å². The van der Waals surface area contributed by atoms with Crippen LogP contribution in [-0.4, -0.2) is 24.1 Å². The summed E-state index contributed by atoms with van der Waals surface area (Å²) in [7, 11) is -2.60. The number of benzene rings is 1. The fraction of sp³-hybridized carbons (Fsp3) is 0.0909. The fourth-order valence-electron chi connectivity index (χ4n) is 1.65. The summed E-state index contributed by atoms with van der Waals surface area (Å²) in [6.07, 6.45) is 1.14. The SMILES string of the molecule is Cn1cc(S(N)(=O)=O)c(NC(=O)c2c(F)cccc2Br)n1. The predicted molar refractivity (Wildman–Crippen MR) is 76.6 cm³/mol. The Morgan fingerprint density at radius 3 is 2.71 bits per heavy atom. The van der Waals surface area contributed by atoms with Gasteiger partial charge in [-0.05, 0) is 28.1 Å². The highest BCUT2D eigenvalue weighted by Gasteiger charge is 2.22. The van der Waals surface area contributed by atoms with Gasteiger partial charge in [-0.3, -0.25) is 9.48 Å². The van der Waals surface area contributed by atoms with E-state index in [1.54, 1.807) is 0 Å². The van der Waals surface area contributed by atoms with E-state index in [-0.39, 0.29) is 20.7 Å². The number of halogens is 2. The Morgan fingerprint density at radius 2 is 2.14 bits per heavy atom. The lowest BCUT2D eigenvalue weighted by molar-refractivity contribution is 0.102. The van der Waals surface area contributed by atoms with Gasteiger partial charge in [0.25, 0.3) is 5.91 Å². The largest absolute Gasteiger partial charge is 0.304 e. The monoisotopic (exact) mass is 376 g/mol. The molecule has 1 amide bonds. The van der Waals surface area contributed by atoms with Crippen LogP contribution in [0.4, 0.5) is 10.2 Å². The maximum absolute atomic E-state index is 13.7. The molecule has 0 spiro atoms. The molecule has 7 nitrogen and oxygen atoms in total. The standard InChI is InChI=1S/C11H10BrFN4O3S/c1-17-5-8(21(14,19)20)10(16-17)15-11(18)9-6(12)3-2-4-7(9)13/h2-5H,1H3,(H2,14,19,20)(H,15,16,18). The Kier molecular flexibility index (Phi) is 4.12. The second kappa shape index (κ2) is 5.54. The summed E-state index contributed by atoms with van der Waals surface area (Å²) in [6.45, 7) is 0. The first-order valence-electron chi connectivity index (χ1n) is 5.52. The van der Waals surface area contributed by atoms with Crippen LogP contribution in [-0.2, 0) is 17.1 Å². The molecule has 0 radical (unpaired) electrons. The summed E-state index contributed by atoms with van der Waals surface area (Å²) < 4.78 is 37.9. The molecule has 0 fully saturated rings. The van der Waals surface area contributed by atoms with Gasteiger partial charge in [0.15, 0.2) is 5.82 Å². The first kappa shape index (κ1) is 15.6. The van der Waals surface area contributed by atoms with Gasteiger partial charge in [-0.1, -0.05) is 6.07 Å². The van der Waals surface area contributed by atoms with E-state index in [0.717, 1.165) is 12.3 Å². The average Bonchev–Trinajstić information content (AvgIpc) is 2.69. The normalized spacial score (nSPS) is 11.4. The van der Waals surface area contributed by atoms with E-state index in [1.807, 2.05) is 0 Å². The Morgan fingerprint density at radius 1 is 1.48 bits per heavy atom. The van der Waals surface area contributed by atoms with Crippen LogP contribution >= 0.6 is 15.9 Å². The van der Waals surface area contributed by atoms with Gasteiger partial charge in [0.1, 0.15) is 10.7 Å². The molecule has 0 aliphatic carbocycles. The zero-order valence-corrected chi connectivity index (χ0v) is 13.1. The predicted octanol–water partition coefficient (Wildman–Crippen LogP) is 1.22. The number of nitrogens with zero attached hydrogens (tertiary/aromatic N) is 2. The van der Waals surface area contributed by atoms with Crippen LogP contribution in [0.3, 0.4) is 0 Å². The lowest BCUT2D eigenvalue weighted by Gasteiger charge is -2.06. The summed E-state index contributed by atoms with van der Waals surface area (Å²) in [5.74, 6) is -1.86. The van der Waals surface area contributed by atoms with Crippen molar-refractivity contribution in [2.24, 2.45) is 12.2 Å². The lowest BCUT2D eigenvalue weighted by Crippen LogP contribution is -2.19. The van der Waals surface area contributed by atoms with E-state index >= 15 is 0 Å². The number of carbonyl (C=O) groups excluding carboxylic acids is 1. The third kappa shape index (κ3) is 3.28. The van der Waals surface area contributed by atoms with Gasteiger partial charge in [0, 0.05) is 17.7 Å². The molecule has 2 aromatic rings. The number of amides is 1. The summed E-state index contributed by atoms with van der Waals surface area (Å²) in [5.41, 5.74) is -0.261. The van der Waals surface area contributed by atoms with Crippen LogP contribution in [0.15, 0.2) is 33.8 Å². The van der Waals surface area contributed by atoms with E-state index in [1.165, 1.54) is 23.9 Å². The number of rotatable bonds is 3. The van der Waals surface area contributed by atoms with Crippen LogP contribution in [0, 0.1) is 5.82 Å². The van der Waals surface area contributed by atoms with Crippen molar-refractivity contribution in [1.29, 1.82) is 0 Å². The number of aryl methyl sites for hydroxylation is 1. The fourth-order valence-corrected chi connectivity index (χ4v) is 2.83. The third-order valence-electron chi connectivity index (χ3n) is 2.52. The van der Waals surface area contributed by atoms with Gasteiger partial charge in [0.2, 0.25) is 10.0 Å². The first-order chi connectivity index (χ1) is 9.70. The quantitative estimate of drug-likeness (QED) is 0.839. The molecular formula is C11H10BrFN4O3S. The zero-order valence-electron chi connectivity index (χ0n) is 10.7. The van der Waals surface area contributed by atoms with E-state index in [4.69, 9.17) is 5.14 Å². The molecule has 0 atom stereocenters. The number of sulfonamides is 1. The minimum absolute atomic E-state index is 0.230. The van der Waals surface area contributed by atoms with E-state index < -0.39 is 21.7 Å². The van der Waals surface area contributed by atoms with E-state index in [9.17, 15) is 17.6 Å². The van der Waals surface area contributed by atoms with Crippen molar-refractivity contribution in [3.63, 3.8) is 0 Å². The Bertz CT molecular complexity index is 799. The molecule has 0 bridgehead atoms. The molecular weight excluding hydrogens is 367 g/mol. The first-order valence-corrected chi connectivity index (χ1v) is 7.86. The smallest absolute Gasteiger partial charge is 0.261 e. The maximum atomic E-state index is 13.7. The minimum Gasteiger partial charge on any atom is -0.304 e. The summed E-state index contributed by atoms with van der Waals surface area (Å²) in [4.78, 5) is 11.7. The van der Waals surface area contributed by atoms with Gasteiger partial charge in [0.05, 0.1) is 5.56 Å². The van der Waals surface area contributed by atoms with Crippen molar-refractivity contribution in [3.8, 4) is 0 Å². The van der Waals surface area contributed by atoms with Crippen molar-refractivity contribution in [2.75, 3.05) is 5.32 Å². The highest BCUT2D eigenvalue weighted by Crippen LogP contribution is 2.23. The molecule has 1 heterocycles. The Balaban J connectivity index is 2.42. The summed E-state index contributed by atoms with van der Waals surface area (Å²) in [6, 6.07) is 4.02. The van der Waals surface area contributed by atoms with Gasteiger partial charge >= 0.3 is 0 Å². The Hall–Kier alpha value is -1.78. The molecule has 21 heavy (non-hydrogen) atoms. The third-order valence-corrected chi connectivity index (χ3v) is 4.10. The highest BCUT2D eigenvalue weighted by molar-refractivity contribution is 9.10. The molecule has 0 saturated heterocycles. The van der Waals surface area contributed by atoms with Gasteiger partial charge < -0.3 is 5.32 Å². The average molecular weight is 377 g/mol. The zero-order chi connectivity index (χ0) is 15.8. The second-order valence-corrected chi connectivity index (χ2v) is 6.50. The van der Waals surface area contributed by atoms with Crippen LogP contribution in [0.5, 0.6) is 0 Å². The summed E-state index contributed by atoms with van der Waals surface area (Å²) in [5, 5.41) is 11.1. The number of carbonyl (C=O) groups is 1. The summed E-state index contributed by atoms with van der Waals surface area (Å²) >= 11 is 3.05. The second-order valence-electron chi connectivity index (χ2n) is 4.11. The lowest BCUT2D eigenvalue weighted by atomic mass is 10.2. The molecule has 1 aromatic carbocycles. The molecule has 0 aliphatic heterocycles. The van der Waals surface area contributed by atoms with Crippen molar-refractivity contribution >= 4 is 37.7 Å². The van der Waals surface area contributed by atoms with Crippen molar-refractivity contribution < 1.29 is 17.6 Å². The molecule has 0 unspecified atom stereocenters. The van der Waals surface area contributed by atoms with Gasteiger partial charge in [-0.2, -0.15) is 5.10 Å². The number of hydrogen-bond acceptors (Lipinski definition) is 4. The number of primary sulfonamides is 1. The molecule has 0 saturated carbocycles. The molecule has 0 aliphatic rings. The molecule has 3 N–H and O–H groups in total. The number of aromatic nitrogens is 2. The van der Waals surface area contributed by atoms with E-state index in [2.05, 4.69) is 26.3 Å². The molecule has 10 heteroatoms. The maximum Gasteiger partial charge on any atom is 0.261 e. The number of hydrogen-bond donors (Lipinski definition) is 2. The van der Waals surface area contributed by atoms with Crippen LogP contribution in [0.2, 0.25) is 0 Å². The van der Waals surface area contributed by atoms with E-state index in [0.29, 0.717) is 0 Å². The Labute approximate surface area is 128 Å². The van der Waals surface area contributed by atoms with Crippen LogP contribution in [0.1, 0.15) is 10.4 Å². The van der Waals surface area contributed by atoms with Gasteiger partial charge in [-0.15, -0.1) is 0 Å². The molecule has 2 rings (SSSR count). The van der Waals surface area contributed by atoms with Crippen LogP contribution < -0.4 is 10.5 Å².